The van der Waals surface area contributed by atoms with Crippen LogP contribution in [0.4, 0.5) is 4.79 Å². The third-order valence-electron chi connectivity index (χ3n) is 6.20. The van der Waals surface area contributed by atoms with E-state index in [9.17, 15) is 19.5 Å². The standard InChI is InChI=1S/C26H26N2O6/c1-16(23-12-7-13-33-23)28(2)25(31)22(14-24(29)30)27-26(32)34-15-21-19-10-5-3-8-17(19)18-9-4-6-11-20(18)21/h3-13,16,21-22H,14-15H2,1-2H3,(H,27,32)(H,29,30). The van der Waals surface area contributed by atoms with Gasteiger partial charge in [-0.25, -0.2) is 4.79 Å². The lowest BCUT2D eigenvalue weighted by Gasteiger charge is -2.27. The molecule has 0 spiro atoms. The van der Waals surface area contributed by atoms with Gasteiger partial charge in [0.25, 0.3) is 0 Å². The number of nitrogens with zero attached hydrogens (tertiary/aromatic N) is 1. The van der Waals surface area contributed by atoms with Crippen molar-refractivity contribution in [1.29, 1.82) is 0 Å². The number of carbonyl (C=O) groups excluding carboxylic acids is 2. The van der Waals surface area contributed by atoms with Crippen molar-refractivity contribution in [3.8, 4) is 11.1 Å². The van der Waals surface area contributed by atoms with Gasteiger partial charge in [-0.05, 0) is 41.3 Å². The van der Waals surface area contributed by atoms with Gasteiger partial charge in [0, 0.05) is 13.0 Å². The molecule has 1 aliphatic carbocycles. The van der Waals surface area contributed by atoms with Gasteiger partial charge in [-0.3, -0.25) is 9.59 Å². The molecule has 3 aromatic rings. The second-order valence-electron chi connectivity index (χ2n) is 8.26. The molecular formula is C26H26N2O6. The average Bonchev–Trinajstić information content (AvgIpc) is 3.47. The number of furan rings is 1. The van der Waals surface area contributed by atoms with E-state index in [0.717, 1.165) is 22.3 Å². The van der Waals surface area contributed by atoms with E-state index in [1.807, 2.05) is 48.5 Å². The summed E-state index contributed by atoms with van der Waals surface area (Å²) < 4.78 is 10.8. The Labute approximate surface area is 197 Å². The van der Waals surface area contributed by atoms with Crippen LogP contribution in [-0.2, 0) is 14.3 Å². The lowest BCUT2D eigenvalue weighted by molar-refractivity contribution is -0.143. The summed E-state index contributed by atoms with van der Waals surface area (Å²) in [7, 11) is 1.53. The first kappa shape index (κ1) is 23.1. The molecule has 0 bridgehead atoms. The molecule has 4 rings (SSSR count). The first-order chi connectivity index (χ1) is 16.4. The second-order valence-corrected chi connectivity index (χ2v) is 8.26. The molecule has 34 heavy (non-hydrogen) atoms. The Morgan fingerprint density at radius 3 is 2.21 bits per heavy atom. The highest BCUT2D eigenvalue weighted by Gasteiger charge is 2.32. The summed E-state index contributed by atoms with van der Waals surface area (Å²) in [5.41, 5.74) is 4.31. The van der Waals surface area contributed by atoms with Gasteiger partial charge in [-0.15, -0.1) is 0 Å². The van der Waals surface area contributed by atoms with Gasteiger partial charge in [0.1, 0.15) is 18.4 Å². The molecule has 1 aromatic heterocycles. The van der Waals surface area contributed by atoms with Gasteiger partial charge in [-0.2, -0.15) is 0 Å². The number of alkyl carbamates (subject to hydrolysis) is 1. The number of rotatable bonds is 8. The van der Waals surface area contributed by atoms with Crippen LogP contribution in [-0.4, -0.2) is 47.7 Å². The molecule has 8 nitrogen and oxygen atoms in total. The summed E-state index contributed by atoms with van der Waals surface area (Å²) in [5.74, 6) is -1.37. The summed E-state index contributed by atoms with van der Waals surface area (Å²) in [6.07, 6.45) is 0.0759. The van der Waals surface area contributed by atoms with Gasteiger partial charge in [0.15, 0.2) is 0 Å². The Morgan fingerprint density at radius 1 is 1.03 bits per heavy atom. The van der Waals surface area contributed by atoms with Gasteiger partial charge in [0.2, 0.25) is 5.91 Å². The van der Waals surface area contributed by atoms with E-state index in [1.54, 1.807) is 19.1 Å². The quantitative estimate of drug-likeness (QED) is 0.520. The third kappa shape index (κ3) is 4.66. The molecule has 0 radical (unpaired) electrons. The van der Waals surface area contributed by atoms with E-state index >= 15 is 0 Å². The zero-order valence-corrected chi connectivity index (χ0v) is 18.9. The molecule has 176 valence electrons. The number of hydrogen-bond acceptors (Lipinski definition) is 5. The number of carbonyl (C=O) groups is 3. The van der Waals surface area contributed by atoms with Crippen LogP contribution in [0.15, 0.2) is 71.3 Å². The first-order valence-corrected chi connectivity index (χ1v) is 11.0. The summed E-state index contributed by atoms with van der Waals surface area (Å²) in [4.78, 5) is 38.3. The number of nitrogens with one attached hydrogen (secondary N) is 1. The number of amides is 2. The topological polar surface area (TPSA) is 109 Å². The Morgan fingerprint density at radius 2 is 1.65 bits per heavy atom. The lowest BCUT2D eigenvalue weighted by Crippen LogP contribution is -2.49. The maximum atomic E-state index is 13.0. The molecule has 0 fully saturated rings. The largest absolute Gasteiger partial charge is 0.481 e. The van der Waals surface area contributed by atoms with Crippen molar-refractivity contribution in [2.24, 2.45) is 0 Å². The predicted octanol–water partition coefficient (Wildman–Crippen LogP) is 4.18. The first-order valence-electron chi connectivity index (χ1n) is 11.0. The van der Waals surface area contributed by atoms with Crippen LogP contribution in [0.3, 0.4) is 0 Å². The van der Waals surface area contributed by atoms with Crippen LogP contribution in [0.5, 0.6) is 0 Å². The molecule has 2 N–H and O–H groups in total. The van der Waals surface area contributed by atoms with E-state index in [4.69, 9.17) is 9.15 Å². The molecule has 1 aliphatic rings. The predicted molar refractivity (Wildman–Crippen MR) is 124 cm³/mol. The van der Waals surface area contributed by atoms with Gasteiger partial charge >= 0.3 is 12.1 Å². The molecule has 1 heterocycles. The summed E-state index contributed by atoms with van der Waals surface area (Å²) in [6, 6.07) is 17.6. The Hall–Kier alpha value is -4.07. The van der Waals surface area contributed by atoms with Gasteiger partial charge < -0.3 is 24.5 Å². The van der Waals surface area contributed by atoms with Crippen molar-refractivity contribution < 1.29 is 28.6 Å². The summed E-state index contributed by atoms with van der Waals surface area (Å²) in [5, 5.41) is 11.7. The van der Waals surface area contributed by atoms with Crippen LogP contribution in [0.1, 0.15) is 42.2 Å². The SMILES string of the molecule is CC(c1ccco1)N(C)C(=O)C(CC(=O)O)NC(=O)OCC1c2ccccc2-c2ccccc21. The highest BCUT2D eigenvalue weighted by molar-refractivity contribution is 5.89. The summed E-state index contributed by atoms with van der Waals surface area (Å²) in [6.45, 7) is 1.81. The van der Waals surface area contributed by atoms with E-state index in [0.29, 0.717) is 5.76 Å². The van der Waals surface area contributed by atoms with E-state index < -0.39 is 36.5 Å². The highest BCUT2D eigenvalue weighted by atomic mass is 16.5. The fraction of sp³-hybridized carbons (Fsp3) is 0.269. The van der Waals surface area contributed by atoms with Crippen LogP contribution in [0.2, 0.25) is 0 Å². The van der Waals surface area contributed by atoms with Crippen molar-refractivity contribution in [3.05, 3.63) is 83.8 Å². The normalized spacial score (nSPS) is 13.9. The smallest absolute Gasteiger partial charge is 0.407 e. The molecule has 2 atom stereocenters. The number of carboxylic acids is 1. The third-order valence-corrected chi connectivity index (χ3v) is 6.20. The number of benzene rings is 2. The van der Waals surface area contributed by atoms with Crippen molar-refractivity contribution in [1.82, 2.24) is 10.2 Å². The molecule has 2 aromatic carbocycles. The van der Waals surface area contributed by atoms with E-state index in [-0.39, 0.29) is 12.5 Å². The minimum absolute atomic E-state index is 0.0620. The highest BCUT2D eigenvalue weighted by Crippen LogP contribution is 2.44. The monoisotopic (exact) mass is 462 g/mol. The van der Waals surface area contributed by atoms with E-state index in [2.05, 4.69) is 5.32 Å². The number of hydrogen-bond donors (Lipinski definition) is 2. The molecule has 0 saturated heterocycles. The lowest BCUT2D eigenvalue weighted by atomic mass is 9.98. The zero-order valence-electron chi connectivity index (χ0n) is 18.9. The fourth-order valence-electron chi connectivity index (χ4n) is 4.31. The molecule has 8 heteroatoms. The Kier molecular flexibility index (Phi) is 6.67. The minimum Gasteiger partial charge on any atom is -0.481 e. The van der Waals surface area contributed by atoms with Crippen LogP contribution in [0.25, 0.3) is 11.1 Å². The van der Waals surface area contributed by atoms with Crippen LogP contribution >= 0.6 is 0 Å². The molecule has 0 saturated carbocycles. The van der Waals surface area contributed by atoms with Crippen molar-refractivity contribution >= 4 is 18.0 Å². The van der Waals surface area contributed by atoms with Crippen molar-refractivity contribution in [2.45, 2.75) is 31.3 Å². The number of fused-ring (bicyclic) bond motifs is 3. The molecule has 0 aliphatic heterocycles. The van der Waals surface area contributed by atoms with E-state index in [1.165, 1.54) is 18.2 Å². The maximum absolute atomic E-state index is 13.0. The molecule has 2 unspecified atom stereocenters. The van der Waals surface area contributed by atoms with Gasteiger partial charge in [-0.1, -0.05) is 48.5 Å². The molecule has 2 amide bonds. The average molecular weight is 463 g/mol. The van der Waals surface area contributed by atoms with Crippen molar-refractivity contribution in [3.63, 3.8) is 0 Å². The maximum Gasteiger partial charge on any atom is 0.407 e. The zero-order chi connectivity index (χ0) is 24.2. The number of carboxylic acid groups (broad SMARTS) is 1. The fourth-order valence-corrected chi connectivity index (χ4v) is 4.31. The number of aliphatic carboxylic acids is 1. The molecular weight excluding hydrogens is 436 g/mol. The Bertz CT molecular complexity index is 1140. The van der Waals surface area contributed by atoms with Crippen molar-refractivity contribution in [2.75, 3.05) is 13.7 Å². The Balaban J connectivity index is 1.44. The minimum atomic E-state index is -1.28. The summed E-state index contributed by atoms with van der Waals surface area (Å²) >= 11 is 0. The number of ether oxygens (including phenoxy) is 1. The van der Waals surface area contributed by atoms with Crippen LogP contribution < -0.4 is 5.32 Å². The second kappa shape index (κ2) is 9.82. The number of likely N-dealkylation sites (N-methyl/N-ethyl adjacent to an activating group) is 1. The van der Waals surface area contributed by atoms with Gasteiger partial charge in [0.05, 0.1) is 18.7 Å². The van der Waals surface area contributed by atoms with Crippen LogP contribution in [0, 0.1) is 0 Å².